The lowest BCUT2D eigenvalue weighted by Crippen LogP contribution is -2.24. The van der Waals surface area contributed by atoms with Crippen LogP contribution in [0.5, 0.6) is 0 Å². The summed E-state index contributed by atoms with van der Waals surface area (Å²) in [6.07, 6.45) is 9.78. The average molecular weight is 352 g/mol. The fourth-order valence-corrected chi connectivity index (χ4v) is 2.49. The van der Waals surface area contributed by atoms with E-state index in [1.807, 2.05) is 0 Å². The van der Waals surface area contributed by atoms with Crippen LogP contribution >= 0.6 is 0 Å². The highest BCUT2D eigenvalue weighted by Gasteiger charge is 2.13. The topological polar surface area (TPSA) is 203 Å². The molecule has 0 unspecified atom stereocenters. The summed E-state index contributed by atoms with van der Waals surface area (Å²) in [6, 6.07) is 0.852. The van der Waals surface area contributed by atoms with Crippen LogP contribution in [-0.2, 0) is 10.4 Å². The summed E-state index contributed by atoms with van der Waals surface area (Å²) in [5.74, 6) is 0.476. The Kier molecular flexibility index (Phi) is 10.3. The van der Waals surface area contributed by atoms with Crippen LogP contribution in [0, 0.1) is 0 Å². The zero-order valence-corrected chi connectivity index (χ0v) is 14.0. The van der Waals surface area contributed by atoms with Gasteiger partial charge in [-0.3, -0.25) is 19.1 Å². The van der Waals surface area contributed by atoms with Crippen molar-refractivity contribution in [3.8, 4) is 0 Å². The van der Waals surface area contributed by atoms with Gasteiger partial charge in [0.1, 0.15) is 0 Å². The zero-order valence-electron chi connectivity index (χ0n) is 13.1. The third kappa shape index (κ3) is 16.6. The Balaban J connectivity index is 0.000000332. The van der Waals surface area contributed by atoms with Crippen molar-refractivity contribution in [3.05, 3.63) is 0 Å². The highest BCUT2D eigenvalue weighted by molar-refractivity contribution is 7.79. The number of guanidine groups is 2. The van der Waals surface area contributed by atoms with Gasteiger partial charge in [0.15, 0.2) is 11.9 Å². The van der Waals surface area contributed by atoms with E-state index in [-0.39, 0.29) is 11.9 Å². The largest absolute Gasteiger partial charge is 0.394 e. The van der Waals surface area contributed by atoms with Gasteiger partial charge in [0, 0.05) is 0 Å². The smallest absolute Gasteiger partial charge is 0.370 e. The van der Waals surface area contributed by atoms with Gasteiger partial charge in [0.25, 0.3) is 0 Å². The quantitative estimate of drug-likeness (QED) is 0.221. The molecular weight excluding hydrogens is 324 g/mol. The van der Waals surface area contributed by atoms with Gasteiger partial charge in [-0.25, -0.2) is 0 Å². The first-order valence-electron chi connectivity index (χ1n) is 7.45. The minimum Gasteiger partial charge on any atom is -0.370 e. The van der Waals surface area contributed by atoms with E-state index < -0.39 is 10.4 Å². The molecule has 2 aliphatic carbocycles. The second-order valence-electron chi connectivity index (χ2n) is 5.43. The van der Waals surface area contributed by atoms with Crippen LogP contribution < -0.4 is 22.9 Å². The highest BCUT2D eigenvalue weighted by Crippen LogP contribution is 2.20. The van der Waals surface area contributed by atoms with Crippen LogP contribution in [0.25, 0.3) is 0 Å². The van der Waals surface area contributed by atoms with Crippen LogP contribution in [0.1, 0.15) is 51.4 Å². The molecule has 0 saturated heterocycles. The fraction of sp³-hybridized carbons (Fsp3) is 0.833. The number of rotatable bonds is 2. The Morgan fingerprint density at radius 2 is 0.957 bits per heavy atom. The molecule has 0 atom stereocenters. The molecule has 2 aliphatic rings. The molecule has 136 valence electrons. The molecule has 23 heavy (non-hydrogen) atoms. The van der Waals surface area contributed by atoms with E-state index in [2.05, 4.69) is 9.98 Å². The molecule has 10 nitrogen and oxygen atoms in total. The molecule has 0 amide bonds. The summed E-state index contributed by atoms with van der Waals surface area (Å²) >= 11 is 0. The molecule has 0 aromatic carbocycles. The van der Waals surface area contributed by atoms with Crippen molar-refractivity contribution in [2.24, 2.45) is 32.9 Å². The van der Waals surface area contributed by atoms with Gasteiger partial charge < -0.3 is 22.9 Å². The van der Waals surface area contributed by atoms with Gasteiger partial charge in [-0.15, -0.1) is 0 Å². The van der Waals surface area contributed by atoms with Crippen molar-refractivity contribution in [1.29, 1.82) is 0 Å². The van der Waals surface area contributed by atoms with Gasteiger partial charge >= 0.3 is 10.4 Å². The Labute approximate surface area is 137 Å². The minimum absolute atomic E-state index is 0.238. The molecule has 0 heterocycles. The number of hydrogen-bond donors (Lipinski definition) is 6. The first kappa shape index (κ1) is 21.4. The first-order chi connectivity index (χ1) is 10.6. The highest BCUT2D eigenvalue weighted by atomic mass is 32.3. The van der Waals surface area contributed by atoms with Crippen molar-refractivity contribution in [3.63, 3.8) is 0 Å². The predicted molar refractivity (Wildman–Crippen MR) is 90.3 cm³/mol. The molecule has 10 N–H and O–H groups in total. The second kappa shape index (κ2) is 11.0. The molecule has 2 saturated carbocycles. The van der Waals surface area contributed by atoms with E-state index in [1.54, 1.807) is 0 Å². The normalized spacial score (nSPS) is 18.2. The minimum atomic E-state index is -4.67. The summed E-state index contributed by atoms with van der Waals surface area (Å²) in [7, 11) is -4.67. The van der Waals surface area contributed by atoms with Crippen LogP contribution in [0.2, 0.25) is 0 Å². The number of hydrogen-bond acceptors (Lipinski definition) is 4. The van der Waals surface area contributed by atoms with Gasteiger partial charge in [0.05, 0.1) is 12.1 Å². The number of aliphatic imine (C=N–C) groups is 2. The summed E-state index contributed by atoms with van der Waals surface area (Å²) in [5, 5.41) is 0. The molecule has 2 rings (SSSR count). The molecule has 2 fully saturated rings. The first-order valence-corrected chi connectivity index (χ1v) is 8.85. The molecular formula is C12H28N6O4S. The van der Waals surface area contributed by atoms with Crippen molar-refractivity contribution < 1.29 is 17.5 Å². The van der Waals surface area contributed by atoms with Crippen molar-refractivity contribution >= 4 is 22.3 Å². The van der Waals surface area contributed by atoms with E-state index in [0.29, 0.717) is 12.1 Å². The summed E-state index contributed by atoms with van der Waals surface area (Å²) < 4.78 is 31.6. The number of nitrogens with two attached hydrogens (primary N) is 4. The van der Waals surface area contributed by atoms with Crippen LogP contribution in [0.3, 0.4) is 0 Å². The predicted octanol–water partition coefficient (Wildman–Crippen LogP) is -0.248. The van der Waals surface area contributed by atoms with Crippen LogP contribution in [0.15, 0.2) is 9.98 Å². The van der Waals surface area contributed by atoms with E-state index >= 15 is 0 Å². The Hall–Kier alpha value is -1.59. The standard InChI is InChI=1S/2C6H13N3.H2O4S/c2*7-6(8)9-5-3-1-2-4-5;1-5(2,3)4/h2*5H,1-4H2,(H4,7,8,9);(H2,1,2,3,4). The van der Waals surface area contributed by atoms with E-state index in [9.17, 15) is 0 Å². The lowest BCUT2D eigenvalue weighted by molar-refractivity contribution is 0.381. The van der Waals surface area contributed by atoms with Gasteiger partial charge in [-0.1, -0.05) is 25.7 Å². The maximum atomic E-state index is 8.74. The van der Waals surface area contributed by atoms with Crippen molar-refractivity contribution in [1.82, 2.24) is 0 Å². The SMILES string of the molecule is NC(N)=NC1CCCC1.NC(N)=NC1CCCC1.O=S(=O)(O)O. The lowest BCUT2D eigenvalue weighted by Gasteiger charge is -1.99. The lowest BCUT2D eigenvalue weighted by atomic mass is 10.3. The molecule has 0 bridgehead atoms. The molecule has 0 spiro atoms. The van der Waals surface area contributed by atoms with Gasteiger partial charge in [-0.2, -0.15) is 8.42 Å². The third-order valence-electron chi connectivity index (χ3n) is 3.31. The fourth-order valence-electron chi connectivity index (χ4n) is 2.49. The zero-order chi connectivity index (χ0) is 17.9. The summed E-state index contributed by atoms with van der Waals surface area (Å²) in [5.41, 5.74) is 20.8. The van der Waals surface area contributed by atoms with Crippen LogP contribution in [0.4, 0.5) is 0 Å². The maximum Gasteiger partial charge on any atom is 0.394 e. The van der Waals surface area contributed by atoms with E-state index in [1.165, 1.54) is 25.7 Å². The van der Waals surface area contributed by atoms with E-state index in [4.69, 9.17) is 40.5 Å². The number of nitrogens with zero attached hydrogens (tertiary/aromatic N) is 2. The Morgan fingerprint density at radius 1 is 0.739 bits per heavy atom. The van der Waals surface area contributed by atoms with E-state index in [0.717, 1.165) is 25.7 Å². The Bertz CT molecular complexity index is 436. The molecule has 0 aromatic heterocycles. The Morgan fingerprint density at radius 3 is 1.13 bits per heavy atom. The third-order valence-corrected chi connectivity index (χ3v) is 3.31. The molecule has 11 heteroatoms. The summed E-state index contributed by atoms with van der Waals surface area (Å²) in [6.45, 7) is 0. The van der Waals surface area contributed by atoms with Gasteiger partial charge in [0.2, 0.25) is 0 Å². The van der Waals surface area contributed by atoms with Gasteiger partial charge in [-0.05, 0) is 25.7 Å². The van der Waals surface area contributed by atoms with Crippen molar-refractivity contribution in [2.45, 2.75) is 63.5 Å². The molecule has 0 aromatic rings. The maximum absolute atomic E-state index is 8.74. The van der Waals surface area contributed by atoms with Crippen molar-refractivity contribution in [2.75, 3.05) is 0 Å². The molecule has 0 radical (unpaired) electrons. The van der Waals surface area contributed by atoms with Crippen LogP contribution in [-0.4, -0.2) is 41.5 Å². The summed E-state index contributed by atoms with van der Waals surface area (Å²) in [4.78, 5) is 8.10. The second-order valence-corrected chi connectivity index (χ2v) is 6.33. The average Bonchev–Trinajstić information content (AvgIpc) is 2.99. The monoisotopic (exact) mass is 352 g/mol. The molecule has 0 aliphatic heterocycles.